The highest BCUT2D eigenvalue weighted by molar-refractivity contribution is 7.89. The molecule has 0 spiro atoms. The quantitative estimate of drug-likeness (QED) is 0.638. The number of nitrogens with two attached hydrogens (primary N) is 1. The molecule has 0 amide bonds. The molecule has 2 aromatic carbocycles. The standard InChI is InChI=1S/C17H12F5N3O3S/c1-28-16-10(18)6-9(7-11(16)19)13-8-15(17(20,21)22)24-25(13)12-4-2-3-5-14(12)29(23,26)27/h2-8H,1H3,(H2,23,26,27). The highest BCUT2D eigenvalue weighted by Gasteiger charge is 2.36. The highest BCUT2D eigenvalue weighted by atomic mass is 32.2. The zero-order valence-electron chi connectivity index (χ0n) is 14.5. The van der Waals surface area contributed by atoms with Crippen molar-refractivity contribution in [2.24, 2.45) is 5.14 Å². The molecule has 0 unspecified atom stereocenters. The number of primary sulfonamides is 1. The second kappa shape index (κ2) is 7.12. The molecule has 12 heteroatoms. The molecule has 0 aliphatic carbocycles. The summed E-state index contributed by atoms with van der Waals surface area (Å²) in [5.41, 5.74) is -2.45. The third-order valence-electron chi connectivity index (χ3n) is 3.90. The smallest absolute Gasteiger partial charge is 0.435 e. The van der Waals surface area contributed by atoms with Crippen LogP contribution in [0.2, 0.25) is 0 Å². The number of aromatic nitrogens is 2. The zero-order chi connectivity index (χ0) is 21.6. The summed E-state index contributed by atoms with van der Waals surface area (Å²) in [7, 11) is -3.32. The van der Waals surface area contributed by atoms with Gasteiger partial charge in [-0.1, -0.05) is 12.1 Å². The van der Waals surface area contributed by atoms with Gasteiger partial charge in [0.1, 0.15) is 4.90 Å². The van der Waals surface area contributed by atoms with Gasteiger partial charge in [0.25, 0.3) is 0 Å². The molecule has 0 bridgehead atoms. The number of halogens is 5. The van der Waals surface area contributed by atoms with E-state index in [0.717, 1.165) is 31.4 Å². The summed E-state index contributed by atoms with van der Waals surface area (Å²) in [5, 5.41) is 8.53. The summed E-state index contributed by atoms with van der Waals surface area (Å²) in [4.78, 5) is -0.521. The van der Waals surface area contributed by atoms with E-state index in [-0.39, 0.29) is 11.3 Å². The molecule has 2 N–H and O–H groups in total. The Hall–Kier alpha value is -2.99. The van der Waals surface area contributed by atoms with Crippen molar-refractivity contribution in [2.45, 2.75) is 11.1 Å². The van der Waals surface area contributed by atoms with E-state index in [1.807, 2.05) is 0 Å². The minimum Gasteiger partial charge on any atom is -0.491 e. The van der Waals surface area contributed by atoms with E-state index < -0.39 is 49.9 Å². The van der Waals surface area contributed by atoms with Gasteiger partial charge in [0.15, 0.2) is 23.1 Å². The molecule has 3 aromatic rings. The van der Waals surface area contributed by atoms with Crippen molar-refractivity contribution in [1.29, 1.82) is 0 Å². The fourth-order valence-corrected chi connectivity index (χ4v) is 3.40. The van der Waals surface area contributed by atoms with E-state index in [0.29, 0.717) is 10.7 Å². The first kappa shape index (κ1) is 20.7. The number of para-hydroxylation sites is 1. The maximum atomic E-state index is 14.1. The minimum absolute atomic E-state index is 0.322. The average Bonchev–Trinajstić information content (AvgIpc) is 3.06. The van der Waals surface area contributed by atoms with Gasteiger partial charge >= 0.3 is 6.18 Å². The van der Waals surface area contributed by atoms with Crippen molar-refractivity contribution < 1.29 is 35.1 Å². The van der Waals surface area contributed by atoms with Gasteiger partial charge in [-0.15, -0.1) is 0 Å². The summed E-state index contributed by atoms with van der Waals surface area (Å²) in [5.74, 6) is -3.05. The van der Waals surface area contributed by atoms with E-state index in [9.17, 15) is 30.4 Å². The predicted octanol–water partition coefficient (Wildman–Crippen LogP) is 3.49. The number of hydrogen-bond acceptors (Lipinski definition) is 4. The van der Waals surface area contributed by atoms with Crippen molar-refractivity contribution in [3.63, 3.8) is 0 Å². The molecule has 0 radical (unpaired) electrons. The molecule has 1 aromatic heterocycles. The Morgan fingerprint density at radius 1 is 1.07 bits per heavy atom. The number of alkyl halides is 3. The number of benzene rings is 2. The Balaban J connectivity index is 2.35. The van der Waals surface area contributed by atoms with Crippen molar-refractivity contribution >= 4 is 10.0 Å². The van der Waals surface area contributed by atoms with Crippen molar-refractivity contribution in [3.05, 3.63) is 59.8 Å². The van der Waals surface area contributed by atoms with Crippen LogP contribution in [0.25, 0.3) is 16.9 Å². The van der Waals surface area contributed by atoms with Crippen LogP contribution in [-0.4, -0.2) is 25.3 Å². The molecule has 3 rings (SSSR count). The largest absolute Gasteiger partial charge is 0.491 e. The van der Waals surface area contributed by atoms with Gasteiger partial charge in [-0.3, -0.25) is 0 Å². The van der Waals surface area contributed by atoms with Gasteiger partial charge in [0.05, 0.1) is 18.5 Å². The Bertz CT molecular complexity index is 1170. The van der Waals surface area contributed by atoms with Gasteiger partial charge in [0, 0.05) is 5.56 Å². The maximum absolute atomic E-state index is 14.1. The van der Waals surface area contributed by atoms with Crippen molar-refractivity contribution in [1.82, 2.24) is 9.78 Å². The van der Waals surface area contributed by atoms with Crippen LogP contribution in [0, 0.1) is 11.6 Å². The zero-order valence-corrected chi connectivity index (χ0v) is 15.4. The Labute approximate surface area is 161 Å². The summed E-state index contributed by atoms with van der Waals surface area (Å²) in [6, 6.07) is 6.91. The summed E-state index contributed by atoms with van der Waals surface area (Å²) < 4.78 is 96.8. The normalized spacial score (nSPS) is 12.2. The molecule has 0 saturated heterocycles. The van der Waals surface area contributed by atoms with E-state index in [1.54, 1.807) is 0 Å². The van der Waals surface area contributed by atoms with Gasteiger partial charge in [-0.2, -0.15) is 18.3 Å². The van der Waals surface area contributed by atoms with Crippen LogP contribution in [0.3, 0.4) is 0 Å². The molecule has 0 aliphatic heterocycles. The predicted molar refractivity (Wildman–Crippen MR) is 91.8 cm³/mol. The molecular formula is C17H12F5N3O3S. The Morgan fingerprint density at radius 3 is 2.17 bits per heavy atom. The SMILES string of the molecule is COc1c(F)cc(-c2cc(C(F)(F)F)nn2-c2ccccc2S(N)(=O)=O)cc1F. The fraction of sp³-hybridized carbons (Fsp3) is 0.118. The minimum atomic E-state index is -4.90. The number of hydrogen-bond donors (Lipinski definition) is 1. The highest BCUT2D eigenvalue weighted by Crippen LogP contribution is 2.36. The van der Waals surface area contributed by atoms with Crippen LogP contribution < -0.4 is 9.88 Å². The third-order valence-corrected chi connectivity index (χ3v) is 4.86. The maximum Gasteiger partial charge on any atom is 0.435 e. The third kappa shape index (κ3) is 3.93. The number of rotatable bonds is 4. The molecular weight excluding hydrogens is 421 g/mol. The molecule has 29 heavy (non-hydrogen) atoms. The number of sulfonamides is 1. The molecule has 0 aliphatic rings. The molecule has 0 atom stereocenters. The molecule has 154 valence electrons. The van der Waals surface area contributed by atoms with Crippen LogP contribution in [0.4, 0.5) is 22.0 Å². The van der Waals surface area contributed by atoms with Crippen LogP contribution in [0.1, 0.15) is 5.69 Å². The number of methoxy groups -OCH3 is 1. The van der Waals surface area contributed by atoms with Crippen molar-refractivity contribution in [3.8, 4) is 22.7 Å². The second-order valence-corrected chi connectivity index (χ2v) is 7.34. The molecule has 1 heterocycles. The summed E-state index contributed by atoms with van der Waals surface area (Å²) >= 11 is 0. The van der Waals surface area contributed by atoms with Crippen molar-refractivity contribution in [2.75, 3.05) is 7.11 Å². The van der Waals surface area contributed by atoms with Crippen LogP contribution in [0.5, 0.6) is 5.75 Å². The van der Waals surface area contributed by atoms with Gasteiger partial charge < -0.3 is 4.74 Å². The Kier molecular flexibility index (Phi) is 5.09. The molecule has 6 nitrogen and oxygen atoms in total. The molecule has 0 saturated carbocycles. The molecule has 0 fully saturated rings. The lowest BCUT2D eigenvalue weighted by atomic mass is 10.1. The fourth-order valence-electron chi connectivity index (χ4n) is 2.68. The topological polar surface area (TPSA) is 87.2 Å². The summed E-state index contributed by atoms with van der Waals surface area (Å²) in [6.45, 7) is 0. The first-order chi connectivity index (χ1) is 13.4. The van der Waals surface area contributed by atoms with Gasteiger partial charge in [0.2, 0.25) is 10.0 Å². The first-order valence-corrected chi connectivity index (χ1v) is 9.31. The summed E-state index contributed by atoms with van der Waals surface area (Å²) in [6.07, 6.45) is -4.90. The first-order valence-electron chi connectivity index (χ1n) is 7.76. The van der Waals surface area contributed by atoms with E-state index in [1.165, 1.54) is 12.1 Å². The monoisotopic (exact) mass is 433 g/mol. The second-order valence-electron chi connectivity index (χ2n) is 5.81. The lowest BCUT2D eigenvalue weighted by Gasteiger charge is -2.12. The van der Waals surface area contributed by atoms with Gasteiger partial charge in [-0.25, -0.2) is 27.0 Å². The number of nitrogens with zero attached hydrogens (tertiary/aromatic N) is 2. The van der Waals surface area contributed by atoms with E-state index in [2.05, 4.69) is 9.84 Å². The van der Waals surface area contributed by atoms with E-state index in [4.69, 9.17) is 5.14 Å². The lowest BCUT2D eigenvalue weighted by molar-refractivity contribution is -0.141. The van der Waals surface area contributed by atoms with E-state index >= 15 is 0 Å². The van der Waals surface area contributed by atoms with Crippen LogP contribution >= 0.6 is 0 Å². The number of ether oxygens (including phenoxy) is 1. The Morgan fingerprint density at radius 2 is 1.66 bits per heavy atom. The van der Waals surface area contributed by atoms with Gasteiger partial charge in [-0.05, 0) is 30.3 Å². The van der Waals surface area contributed by atoms with Crippen LogP contribution in [0.15, 0.2) is 47.4 Å². The lowest BCUT2D eigenvalue weighted by Crippen LogP contribution is -2.16. The van der Waals surface area contributed by atoms with Crippen LogP contribution in [-0.2, 0) is 16.2 Å². The average molecular weight is 433 g/mol.